The van der Waals surface area contributed by atoms with Crippen molar-refractivity contribution in [2.24, 2.45) is 11.1 Å². The fraction of sp³-hybridized carbons (Fsp3) is 0.500. The Morgan fingerprint density at radius 3 is 2.26 bits per heavy atom. The molecule has 1 amide bonds. The van der Waals surface area contributed by atoms with Gasteiger partial charge in [0.15, 0.2) is 0 Å². The second kappa shape index (κ2) is 7.78. The van der Waals surface area contributed by atoms with Crippen molar-refractivity contribution < 1.29 is 4.79 Å². The highest BCUT2D eigenvalue weighted by atomic mass is 35.5. The molecule has 0 aliphatic carbocycles. The van der Waals surface area contributed by atoms with Crippen molar-refractivity contribution in [1.82, 2.24) is 4.90 Å². The first-order chi connectivity index (χ1) is 8.39. The number of rotatable bonds is 5. The van der Waals surface area contributed by atoms with Crippen molar-refractivity contribution in [2.45, 2.75) is 18.7 Å². The number of carbonyl (C=O) groups is 1. The minimum absolute atomic E-state index is 0. The van der Waals surface area contributed by atoms with Gasteiger partial charge in [-0.25, -0.2) is 0 Å². The standard InChI is InChI=1S/C14H22N2OS.ClH/c1-14(2,9-15)10-16(3)13(17)11-5-7-12(18-4)8-6-11;/h5-8H,9-10,15H2,1-4H3;1H. The van der Waals surface area contributed by atoms with Crippen LogP contribution in [0, 0.1) is 5.41 Å². The molecule has 5 heteroatoms. The van der Waals surface area contributed by atoms with E-state index in [2.05, 4.69) is 13.8 Å². The SMILES string of the molecule is CSc1ccc(C(=O)N(C)CC(C)(C)CN)cc1.Cl. The Morgan fingerprint density at radius 1 is 1.32 bits per heavy atom. The molecule has 0 radical (unpaired) electrons. The first kappa shape index (κ1) is 18.3. The zero-order valence-electron chi connectivity index (χ0n) is 12.0. The van der Waals surface area contributed by atoms with Gasteiger partial charge in [-0.3, -0.25) is 4.79 Å². The highest BCUT2D eigenvalue weighted by molar-refractivity contribution is 7.98. The minimum atomic E-state index is -0.0520. The summed E-state index contributed by atoms with van der Waals surface area (Å²) in [5, 5.41) is 0. The topological polar surface area (TPSA) is 46.3 Å². The number of halogens is 1. The smallest absolute Gasteiger partial charge is 0.253 e. The Labute approximate surface area is 126 Å². The van der Waals surface area contributed by atoms with Crippen LogP contribution < -0.4 is 5.73 Å². The number of hydrogen-bond acceptors (Lipinski definition) is 3. The summed E-state index contributed by atoms with van der Waals surface area (Å²) in [6.45, 7) is 5.35. The molecule has 0 bridgehead atoms. The fourth-order valence-corrected chi connectivity index (χ4v) is 2.14. The van der Waals surface area contributed by atoms with Crippen LogP contribution in [-0.2, 0) is 0 Å². The Bertz CT molecular complexity index is 406. The molecule has 0 aliphatic rings. The second-order valence-corrected chi connectivity index (χ2v) is 6.14. The number of nitrogens with zero attached hydrogens (tertiary/aromatic N) is 1. The van der Waals surface area contributed by atoms with Crippen molar-refractivity contribution in [2.75, 3.05) is 26.4 Å². The molecule has 0 unspecified atom stereocenters. The predicted molar refractivity (Wildman–Crippen MR) is 85.3 cm³/mol. The zero-order valence-corrected chi connectivity index (χ0v) is 13.6. The van der Waals surface area contributed by atoms with E-state index in [0.29, 0.717) is 13.1 Å². The van der Waals surface area contributed by atoms with Gasteiger partial charge in [0.05, 0.1) is 0 Å². The van der Waals surface area contributed by atoms with E-state index in [0.717, 1.165) is 10.5 Å². The van der Waals surface area contributed by atoms with Crippen LogP contribution in [0.3, 0.4) is 0 Å². The van der Waals surface area contributed by atoms with Gasteiger partial charge in [0.1, 0.15) is 0 Å². The van der Waals surface area contributed by atoms with E-state index in [1.807, 2.05) is 37.6 Å². The number of nitrogens with two attached hydrogens (primary N) is 1. The number of hydrogen-bond donors (Lipinski definition) is 1. The molecule has 0 atom stereocenters. The quantitative estimate of drug-likeness (QED) is 0.851. The number of carbonyl (C=O) groups excluding carboxylic acids is 1. The summed E-state index contributed by atoms with van der Waals surface area (Å²) in [5.74, 6) is 0.0455. The largest absolute Gasteiger partial charge is 0.341 e. The number of amides is 1. The predicted octanol–water partition coefficient (Wildman–Crippen LogP) is 2.89. The molecule has 0 aromatic heterocycles. The molecule has 0 saturated heterocycles. The van der Waals surface area contributed by atoms with Gasteiger partial charge in [0.25, 0.3) is 5.91 Å². The molecule has 2 N–H and O–H groups in total. The maximum Gasteiger partial charge on any atom is 0.253 e. The van der Waals surface area contributed by atoms with Crippen LogP contribution in [0.15, 0.2) is 29.2 Å². The lowest BCUT2D eigenvalue weighted by Gasteiger charge is -2.29. The lowest BCUT2D eigenvalue weighted by molar-refractivity contribution is 0.0740. The van der Waals surface area contributed by atoms with Crippen LogP contribution in [0.2, 0.25) is 0 Å². The van der Waals surface area contributed by atoms with E-state index in [4.69, 9.17) is 5.73 Å². The monoisotopic (exact) mass is 302 g/mol. The first-order valence-electron chi connectivity index (χ1n) is 5.99. The van der Waals surface area contributed by atoms with Crippen LogP contribution in [0.25, 0.3) is 0 Å². The summed E-state index contributed by atoms with van der Waals surface area (Å²) in [7, 11) is 1.82. The van der Waals surface area contributed by atoms with E-state index in [-0.39, 0.29) is 23.7 Å². The Hall–Kier alpha value is -0.710. The van der Waals surface area contributed by atoms with Crippen LogP contribution in [0.1, 0.15) is 24.2 Å². The average Bonchev–Trinajstić information content (AvgIpc) is 2.37. The highest BCUT2D eigenvalue weighted by Gasteiger charge is 2.21. The summed E-state index contributed by atoms with van der Waals surface area (Å²) in [6.07, 6.45) is 2.02. The van der Waals surface area contributed by atoms with Crippen molar-refractivity contribution >= 4 is 30.1 Å². The molecule has 0 heterocycles. The van der Waals surface area contributed by atoms with Crippen LogP contribution in [0.4, 0.5) is 0 Å². The van der Waals surface area contributed by atoms with Crippen molar-refractivity contribution in [3.05, 3.63) is 29.8 Å². The van der Waals surface area contributed by atoms with Gasteiger partial charge < -0.3 is 10.6 Å². The molecular formula is C14H23ClN2OS. The van der Waals surface area contributed by atoms with Gasteiger partial charge >= 0.3 is 0 Å². The van der Waals surface area contributed by atoms with E-state index in [9.17, 15) is 4.79 Å². The highest BCUT2D eigenvalue weighted by Crippen LogP contribution is 2.18. The van der Waals surface area contributed by atoms with Gasteiger partial charge in [0.2, 0.25) is 0 Å². The molecule has 1 rings (SSSR count). The first-order valence-corrected chi connectivity index (χ1v) is 7.22. The van der Waals surface area contributed by atoms with Crippen molar-refractivity contribution in [3.63, 3.8) is 0 Å². The summed E-state index contributed by atoms with van der Waals surface area (Å²) >= 11 is 1.67. The molecule has 3 nitrogen and oxygen atoms in total. The molecule has 0 spiro atoms. The summed E-state index contributed by atoms with van der Waals surface area (Å²) in [6, 6.07) is 7.69. The van der Waals surface area contributed by atoms with Crippen LogP contribution in [-0.4, -0.2) is 37.2 Å². The molecule has 19 heavy (non-hydrogen) atoms. The molecule has 0 saturated carbocycles. The average molecular weight is 303 g/mol. The van der Waals surface area contributed by atoms with Gasteiger partial charge in [-0.05, 0) is 42.5 Å². The second-order valence-electron chi connectivity index (χ2n) is 5.26. The molecule has 108 valence electrons. The van der Waals surface area contributed by atoms with E-state index < -0.39 is 0 Å². The Balaban J connectivity index is 0.00000324. The van der Waals surface area contributed by atoms with Gasteiger partial charge in [0, 0.05) is 24.1 Å². The molecule has 1 aromatic carbocycles. The van der Waals surface area contributed by atoms with Crippen molar-refractivity contribution in [1.29, 1.82) is 0 Å². The third kappa shape index (κ3) is 5.43. The fourth-order valence-electron chi connectivity index (χ4n) is 1.73. The third-order valence-electron chi connectivity index (χ3n) is 2.90. The molecule has 1 aromatic rings. The lowest BCUT2D eigenvalue weighted by Crippen LogP contribution is -2.39. The summed E-state index contributed by atoms with van der Waals surface area (Å²) < 4.78 is 0. The van der Waals surface area contributed by atoms with E-state index in [1.165, 1.54) is 0 Å². The maximum absolute atomic E-state index is 12.2. The lowest BCUT2D eigenvalue weighted by atomic mass is 9.93. The molecule has 0 fully saturated rings. The van der Waals surface area contributed by atoms with E-state index >= 15 is 0 Å². The van der Waals surface area contributed by atoms with E-state index in [1.54, 1.807) is 16.7 Å². The Morgan fingerprint density at radius 2 is 1.84 bits per heavy atom. The maximum atomic E-state index is 12.2. The molecule has 0 aliphatic heterocycles. The third-order valence-corrected chi connectivity index (χ3v) is 3.65. The summed E-state index contributed by atoms with van der Waals surface area (Å²) in [4.78, 5) is 15.1. The number of benzene rings is 1. The minimum Gasteiger partial charge on any atom is -0.341 e. The molecular weight excluding hydrogens is 280 g/mol. The van der Waals surface area contributed by atoms with Crippen molar-refractivity contribution in [3.8, 4) is 0 Å². The summed E-state index contributed by atoms with van der Waals surface area (Å²) in [5.41, 5.74) is 6.36. The zero-order chi connectivity index (χ0) is 13.8. The normalized spacial score (nSPS) is 10.8. The van der Waals surface area contributed by atoms with Gasteiger partial charge in [-0.2, -0.15) is 0 Å². The van der Waals surface area contributed by atoms with Gasteiger partial charge in [-0.1, -0.05) is 13.8 Å². The van der Waals surface area contributed by atoms with Gasteiger partial charge in [-0.15, -0.1) is 24.2 Å². The Kier molecular flexibility index (Phi) is 7.49. The van der Waals surface area contributed by atoms with Crippen LogP contribution >= 0.6 is 24.2 Å². The van der Waals surface area contributed by atoms with Crippen LogP contribution in [0.5, 0.6) is 0 Å². The number of thioether (sulfide) groups is 1.